The van der Waals surface area contributed by atoms with Crippen molar-refractivity contribution in [2.24, 2.45) is 17.3 Å². The third-order valence-corrected chi connectivity index (χ3v) is 6.50. The van der Waals surface area contributed by atoms with Crippen molar-refractivity contribution in [3.8, 4) is 5.75 Å². The van der Waals surface area contributed by atoms with Gasteiger partial charge >= 0.3 is 6.36 Å². The van der Waals surface area contributed by atoms with Crippen LogP contribution in [0.25, 0.3) is 0 Å². The quantitative estimate of drug-likeness (QED) is 0.380. The fourth-order valence-electron chi connectivity index (χ4n) is 4.51. The van der Waals surface area contributed by atoms with E-state index in [9.17, 15) is 31.9 Å². The van der Waals surface area contributed by atoms with Crippen molar-refractivity contribution in [2.45, 2.75) is 37.6 Å². The van der Waals surface area contributed by atoms with Gasteiger partial charge in [0.05, 0.1) is 17.0 Å². The minimum absolute atomic E-state index is 0.0622. The van der Waals surface area contributed by atoms with Crippen LogP contribution in [0.2, 0.25) is 5.02 Å². The molecule has 33 heavy (non-hydrogen) atoms. The summed E-state index contributed by atoms with van der Waals surface area (Å²) in [5.74, 6) is -3.09. The number of nitrogens with one attached hydrogen (secondary N) is 3. The van der Waals surface area contributed by atoms with E-state index in [0.29, 0.717) is 19.3 Å². The fraction of sp³-hybridized carbons (Fsp3) is 0.550. The van der Waals surface area contributed by atoms with Gasteiger partial charge in [-0.25, -0.2) is 4.39 Å². The first-order valence-electron chi connectivity index (χ1n) is 10.1. The van der Waals surface area contributed by atoms with Gasteiger partial charge in [-0.3, -0.25) is 30.0 Å². The molecule has 0 heterocycles. The standard InChI is InChI=1S/C20H20ClF4N3O5/c21-13-2-1-11(4-14(13)22)32-6-15(29)26-19-7-18(8-19,9-19)17(31)28-27-16(30)12-3-10(12)5-33-20(23,24)25/h1-2,4,10,12H,3,5-9H2,(H,26,29)(H,27,30)(H,28,31). The average molecular weight is 494 g/mol. The van der Waals surface area contributed by atoms with Crippen molar-refractivity contribution in [1.82, 2.24) is 16.2 Å². The number of halogens is 5. The second-order valence-electron chi connectivity index (χ2n) is 8.81. The smallest absolute Gasteiger partial charge is 0.484 e. The molecule has 8 nitrogen and oxygen atoms in total. The molecule has 4 fully saturated rings. The Morgan fingerprint density at radius 2 is 1.85 bits per heavy atom. The third-order valence-electron chi connectivity index (χ3n) is 6.20. The predicted octanol–water partition coefficient (Wildman–Crippen LogP) is 2.22. The first-order valence-corrected chi connectivity index (χ1v) is 10.5. The van der Waals surface area contributed by atoms with Gasteiger partial charge in [0.25, 0.3) is 5.91 Å². The Bertz CT molecular complexity index is 969. The Balaban J connectivity index is 1.13. The van der Waals surface area contributed by atoms with Crippen LogP contribution in [-0.4, -0.2) is 42.8 Å². The number of carbonyl (C=O) groups excluding carboxylic acids is 3. The third kappa shape index (κ3) is 5.16. The summed E-state index contributed by atoms with van der Waals surface area (Å²) in [7, 11) is 0. The van der Waals surface area contributed by atoms with Crippen LogP contribution in [0.1, 0.15) is 25.7 Å². The first kappa shape index (κ1) is 23.6. The SMILES string of the molecule is O=C(COc1ccc(Cl)c(F)c1)NC12CC(C(=O)NNC(=O)C3CC3COC(F)(F)F)(C1)C2. The number of hydrogen-bond donors (Lipinski definition) is 3. The van der Waals surface area contributed by atoms with Crippen LogP contribution in [0.3, 0.4) is 0 Å². The molecule has 0 aliphatic heterocycles. The maximum Gasteiger partial charge on any atom is 0.522 e. The van der Waals surface area contributed by atoms with Crippen molar-refractivity contribution < 1.29 is 41.4 Å². The molecule has 0 aromatic heterocycles. The number of carbonyl (C=O) groups is 3. The number of hydrogen-bond acceptors (Lipinski definition) is 5. The molecule has 1 aromatic rings. The Labute approximate surface area is 190 Å². The van der Waals surface area contributed by atoms with Crippen LogP contribution in [-0.2, 0) is 19.1 Å². The molecule has 2 atom stereocenters. The van der Waals surface area contributed by atoms with Crippen molar-refractivity contribution in [1.29, 1.82) is 0 Å². The minimum Gasteiger partial charge on any atom is -0.484 e. The van der Waals surface area contributed by atoms with Crippen molar-refractivity contribution in [2.75, 3.05) is 13.2 Å². The molecule has 2 bridgehead atoms. The number of alkyl halides is 3. The molecule has 0 spiro atoms. The zero-order chi connectivity index (χ0) is 24.0. The van der Waals surface area contributed by atoms with Gasteiger partial charge in [-0.15, -0.1) is 13.2 Å². The summed E-state index contributed by atoms with van der Waals surface area (Å²) in [5.41, 5.74) is 3.34. The Morgan fingerprint density at radius 3 is 2.48 bits per heavy atom. The number of amides is 3. The Kier molecular flexibility index (Phi) is 5.94. The summed E-state index contributed by atoms with van der Waals surface area (Å²) >= 11 is 5.58. The molecule has 4 aliphatic carbocycles. The molecule has 13 heteroatoms. The van der Waals surface area contributed by atoms with E-state index in [-0.39, 0.29) is 23.8 Å². The lowest BCUT2D eigenvalue weighted by Gasteiger charge is -2.68. The first-order chi connectivity index (χ1) is 15.4. The van der Waals surface area contributed by atoms with Crippen molar-refractivity contribution in [3.05, 3.63) is 29.0 Å². The molecule has 2 unspecified atom stereocenters. The zero-order valence-electron chi connectivity index (χ0n) is 17.1. The van der Waals surface area contributed by atoms with Gasteiger partial charge in [-0.1, -0.05) is 11.6 Å². The fourth-order valence-corrected chi connectivity index (χ4v) is 4.62. The molecule has 1 aromatic carbocycles. The molecule has 0 radical (unpaired) electrons. The zero-order valence-corrected chi connectivity index (χ0v) is 17.8. The van der Waals surface area contributed by atoms with Crippen LogP contribution >= 0.6 is 11.6 Å². The van der Waals surface area contributed by atoms with Crippen molar-refractivity contribution >= 4 is 29.3 Å². The van der Waals surface area contributed by atoms with E-state index >= 15 is 0 Å². The predicted molar refractivity (Wildman–Crippen MR) is 104 cm³/mol. The highest BCUT2D eigenvalue weighted by molar-refractivity contribution is 6.30. The van der Waals surface area contributed by atoms with Crippen molar-refractivity contribution in [3.63, 3.8) is 0 Å². The molecule has 0 saturated heterocycles. The number of hydrazine groups is 1. The maximum atomic E-state index is 13.4. The van der Waals surface area contributed by atoms with Gasteiger partial charge in [0.15, 0.2) is 6.61 Å². The summed E-state index contributed by atoms with van der Waals surface area (Å²) in [6.07, 6.45) is -3.34. The highest BCUT2D eigenvalue weighted by atomic mass is 35.5. The van der Waals surface area contributed by atoms with E-state index in [4.69, 9.17) is 16.3 Å². The molecule has 3 N–H and O–H groups in total. The Hall–Kier alpha value is -2.60. The number of ether oxygens (including phenoxy) is 2. The summed E-state index contributed by atoms with van der Waals surface area (Å²) < 4.78 is 58.4. The van der Waals surface area contributed by atoms with Gasteiger partial charge in [0.1, 0.15) is 11.6 Å². The monoisotopic (exact) mass is 493 g/mol. The second kappa shape index (κ2) is 8.32. The van der Waals surface area contributed by atoms with Gasteiger partial charge < -0.3 is 10.1 Å². The molecular formula is C20H20ClF4N3O5. The lowest BCUT2D eigenvalue weighted by atomic mass is 9.39. The lowest BCUT2D eigenvalue weighted by Crippen LogP contribution is -2.79. The molecule has 4 saturated carbocycles. The van der Waals surface area contributed by atoms with E-state index in [1.165, 1.54) is 12.1 Å². The van der Waals surface area contributed by atoms with E-state index < -0.39 is 59.3 Å². The minimum atomic E-state index is -4.74. The summed E-state index contributed by atoms with van der Waals surface area (Å²) in [4.78, 5) is 36.5. The number of benzene rings is 1. The summed E-state index contributed by atoms with van der Waals surface area (Å²) in [6, 6.07) is 3.81. The average Bonchev–Trinajstić information content (AvgIpc) is 3.46. The van der Waals surface area contributed by atoms with Gasteiger partial charge in [0.2, 0.25) is 11.8 Å². The van der Waals surface area contributed by atoms with Crippen LogP contribution in [0.15, 0.2) is 18.2 Å². The lowest BCUT2D eigenvalue weighted by molar-refractivity contribution is -0.326. The highest BCUT2D eigenvalue weighted by Crippen LogP contribution is 2.67. The second-order valence-corrected chi connectivity index (χ2v) is 9.21. The van der Waals surface area contributed by atoms with E-state index in [2.05, 4.69) is 20.9 Å². The van der Waals surface area contributed by atoms with E-state index in [0.717, 1.165) is 6.07 Å². The normalized spacial score (nSPS) is 29.2. The molecule has 4 aliphatic rings. The maximum absolute atomic E-state index is 13.4. The molecule has 5 rings (SSSR count). The van der Waals surface area contributed by atoms with Crippen LogP contribution in [0, 0.1) is 23.1 Å². The van der Waals surface area contributed by atoms with Crippen LogP contribution < -0.4 is 20.9 Å². The summed E-state index contributed by atoms with van der Waals surface area (Å²) in [6.45, 7) is -0.933. The van der Waals surface area contributed by atoms with Gasteiger partial charge in [-0.2, -0.15) is 0 Å². The van der Waals surface area contributed by atoms with E-state index in [1.807, 2.05) is 0 Å². The molecule has 3 amide bonds. The summed E-state index contributed by atoms with van der Waals surface area (Å²) in [5, 5.41) is 2.74. The largest absolute Gasteiger partial charge is 0.522 e. The van der Waals surface area contributed by atoms with Crippen LogP contribution in [0.4, 0.5) is 17.6 Å². The Morgan fingerprint density at radius 1 is 1.15 bits per heavy atom. The van der Waals surface area contributed by atoms with E-state index in [1.54, 1.807) is 0 Å². The van der Waals surface area contributed by atoms with Crippen LogP contribution in [0.5, 0.6) is 5.75 Å². The number of rotatable bonds is 8. The molecular weight excluding hydrogens is 474 g/mol. The highest BCUT2D eigenvalue weighted by Gasteiger charge is 2.72. The molecule has 180 valence electrons. The topological polar surface area (TPSA) is 106 Å². The van der Waals surface area contributed by atoms with Gasteiger partial charge in [0, 0.05) is 17.5 Å². The van der Waals surface area contributed by atoms with Gasteiger partial charge in [-0.05, 0) is 43.7 Å².